The third kappa shape index (κ3) is 4.31. The highest BCUT2D eigenvalue weighted by atomic mass is 32.3. The first-order chi connectivity index (χ1) is 15.6. The molecule has 4 nitrogen and oxygen atoms in total. The van der Waals surface area contributed by atoms with Gasteiger partial charge >= 0.3 is 20.4 Å². The van der Waals surface area contributed by atoms with Crippen LogP contribution in [-0.2, 0) is 25.9 Å². The van der Waals surface area contributed by atoms with Crippen molar-refractivity contribution in [3.05, 3.63) is 131 Å². The van der Waals surface area contributed by atoms with Crippen LogP contribution in [0.15, 0.2) is 119 Å². The maximum atomic E-state index is 13.6. The van der Waals surface area contributed by atoms with E-state index in [1.54, 1.807) is 0 Å². The van der Waals surface area contributed by atoms with Crippen molar-refractivity contribution in [3.63, 3.8) is 0 Å². The molecular formula is C25H18F2O4S2. The van der Waals surface area contributed by atoms with E-state index in [1.807, 2.05) is 60.7 Å². The fourth-order valence-corrected chi connectivity index (χ4v) is 5.03. The number of hydrogen-bond donors (Lipinski definition) is 0. The minimum atomic E-state index is -4.89. The normalized spacial score (nSPS) is 12.4. The lowest BCUT2D eigenvalue weighted by atomic mass is 9.65. The second-order valence-electron chi connectivity index (χ2n) is 7.41. The van der Waals surface area contributed by atoms with E-state index >= 15 is 0 Å². The Morgan fingerprint density at radius 3 is 0.970 bits per heavy atom. The Hall–Kier alpha value is -3.36. The Morgan fingerprint density at radius 2 is 0.697 bits per heavy atom. The molecule has 0 heterocycles. The molecule has 0 amide bonds. The molecule has 4 aromatic carbocycles. The zero-order valence-corrected chi connectivity index (χ0v) is 18.7. The van der Waals surface area contributed by atoms with Gasteiger partial charge in [0.15, 0.2) is 0 Å². The first-order valence-corrected chi connectivity index (χ1v) is 12.6. The smallest absolute Gasteiger partial charge is 0.189 e. The van der Waals surface area contributed by atoms with Gasteiger partial charge in [-0.2, -0.15) is 16.8 Å². The van der Waals surface area contributed by atoms with Crippen LogP contribution in [0.1, 0.15) is 22.3 Å². The van der Waals surface area contributed by atoms with Gasteiger partial charge in [-0.05, 0) is 46.5 Å². The van der Waals surface area contributed by atoms with Crippen molar-refractivity contribution in [2.24, 2.45) is 0 Å². The van der Waals surface area contributed by atoms with E-state index in [2.05, 4.69) is 0 Å². The van der Waals surface area contributed by atoms with Crippen molar-refractivity contribution >= 4 is 20.4 Å². The molecule has 4 rings (SSSR count). The third-order valence-electron chi connectivity index (χ3n) is 5.55. The summed E-state index contributed by atoms with van der Waals surface area (Å²) in [6.45, 7) is 0. The van der Waals surface area contributed by atoms with Gasteiger partial charge in [-0.25, -0.2) is 0 Å². The van der Waals surface area contributed by atoms with E-state index < -0.39 is 35.7 Å². The van der Waals surface area contributed by atoms with Crippen LogP contribution in [0.3, 0.4) is 0 Å². The zero-order chi connectivity index (χ0) is 23.7. The lowest BCUT2D eigenvalue weighted by Crippen LogP contribution is -2.31. The molecule has 33 heavy (non-hydrogen) atoms. The topological polar surface area (TPSA) is 68.3 Å². The fourth-order valence-electron chi connectivity index (χ4n) is 4.11. The van der Waals surface area contributed by atoms with E-state index in [4.69, 9.17) is 0 Å². The minimum absolute atomic E-state index is 0.472. The van der Waals surface area contributed by atoms with Gasteiger partial charge in [0.05, 0.1) is 15.2 Å². The molecule has 0 aliphatic carbocycles. The van der Waals surface area contributed by atoms with Gasteiger partial charge in [0.2, 0.25) is 0 Å². The molecule has 0 unspecified atom stereocenters. The van der Waals surface area contributed by atoms with Gasteiger partial charge in [-0.3, -0.25) is 0 Å². The van der Waals surface area contributed by atoms with Gasteiger partial charge in [0.25, 0.3) is 0 Å². The average molecular weight is 485 g/mol. The molecule has 0 aliphatic rings. The molecule has 8 heteroatoms. The van der Waals surface area contributed by atoms with Crippen molar-refractivity contribution in [1.29, 1.82) is 0 Å². The summed E-state index contributed by atoms with van der Waals surface area (Å²) in [5, 5.41) is 0. The molecule has 0 fully saturated rings. The second-order valence-corrected chi connectivity index (χ2v) is 10.1. The molecule has 0 aliphatic heterocycles. The first-order valence-electron chi connectivity index (χ1n) is 9.85. The highest BCUT2D eigenvalue weighted by Crippen LogP contribution is 2.45. The average Bonchev–Trinajstić information content (AvgIpc) is 2.81. The fraction of sp³-hybridized carbons (Fsp3) is 0.0400. The summed E-state index contributed by atoms with van der Waals surface area (Å²) < 4.78 is 72.6. The Balaban J connectivity index is 2.08. The standard InChI is InChI=1S/C25H18F2O4S2/c26-32(28,29)23-15-11-21(12-16-23)25(19-7-3-1-4-8-19,20-9-5-2-6-10-20)22-13-17-24(18-14-22)33(27,30)31/h1-18H. The van der Waals surface area contributed by atoms with Gasteiger partial charge in [0, 0.05) is 0 Å². The number of benzene rings is 4. The Bertz CT molecular complexity index is 1350. The highest BCUT2D eigenvalue weighted by Gasteiger charge is 2.38. The van der Waals surface area contributed by atoms with Crippen LogP contribution in [-0.4, -0.2) is 16.8 Å². The maximum Gasteiger partial charge on any atom is 0.332 e. The van der Waals surface area contributed by atoms with Crippen LogP contribution in [0.4, 0.5) is 7.77 Å². The van der Waals surface area contributed by atoms with Gasteiger partial charge in [-0.15, -0.1) is 7.77 Å². The summed E-state index contributed by atoms with van der Waals surface area (Å²) >= 11 is 0. The van der Waals surface area contributed by atoms with Gasteiger partial charge < -0.3 is 0 Å². The van der Waals surface area contributed by atoms with Gasteiger partial charge in [0.1, 0.15) is 0 Å². The van der Waals surface area contributed by atoms with Crippen molar-refractivity contribution in [2.45, 2.75) is 15.2 Å². The maximum absolute atomic E-state index is 13.6. The predicted molar refractivity (Wildman–Crippen MR) is 121 cm³/mol. The molecule has 4 aromatic rings. The Kier molecular flexibility index (Phi) is 5.90. The summed E-state index contributed by atoms with van der Waals surface area (Å²) in [6.07, 6.45) is 0. The highest BCUT2D eigenvalue weighted by molar-refractivity contribution is 7.86. The number of rotatable bonds is 6. The summed E-state index contributed by atoms with van der Waals surface area (Å²) in [4.78, 5) is -0.944. The molecule has 0 spiro atoms. The van der Waals surface area contributed by atoms with Crippen LogP contribution in [0.25, 0.3) is 0 Å². The Labute approximate surface area is 191 Å². The summed E-state index contributed by atoms with van der Waals surface area (Å²) in [7, 11) is -9.78. The molecule has 0 atom stereocenters. The number of hydrogen-bond acceptors (Lipinski definition) is 4. The van der Waals surface area contributed by atoms with E-state index in [-0.39, 0.29) is 0 Å². The monoisotopic (exact) mass is 484 g/mol. The largest absolute Gasteiger partial charge is 0.332 e. The molecule has 168 valence electrons. The SMILES string of the molecule is O=S(=O)(F)c1ccc(C(c2ccccc2)(c2ccccc2)c2ccc(S(=O)(=O)F)cc2)cc1. The molecule has 0 saturated heterocycles. The van der Waals surface area contributed by atoms with Crippen LogP contribution < -0.4 is 0 Å². The minimum Gasteiger partial charge on any atom is -0.189 e. The van der Waals surface area contributed by atoms with E-state index in [9.17, 15) is 24.6 Å². The molecular weight excluding hydrogens is 466 g/mol. The Morgan fingerprint density at radius 1 is 0.424 bits per heavy atom. The van der Waals surface area contributed by atoms with Crippen LogP contribution in [0.5, 0.6) is 0 Å². The lowest BCUT2D eigenvalue weighted by Gasteiger charge is -2.37. The van der Waals surface area contributed by atoms with Gasteiger partial charge in [-0.1, -0.05) is 84.9 Å². The molecule has 0 aromatic heterocycles. The van der Waals surface area contributed by atoms with E-state index in [0.29, 0.717) is 11.1 Å². The number of halogens is 2. The van der Waals surface area contributed by atoms with Crippen molar-refractivity contribution in [2.75, 3.05) is 0 Å². The first kappa shape index (κ1) is 22.8. The zero-order valence-electron chi connectivity index (χ0n) is 17.1. The van der Waals surface area contributed by atoms with Crippen LogP contribution >= 0.6 is 0 Å². The third-order valence-corrected chi connectivity index (χ3v) is 7.22. The predicted octanol–water partition coefficient (Wildman–Crippen LogP) is 5.39. The molecule has 0 bridgehead atoms. The quantitative estimate of drug-likeness (QED) is 0.272. The molecule has 0 saturated carbocycles. The van der Waals surface area contributed by atoms with Crippen molar-refractivity contribution in [3.8, 4) is 0 Å². The van der Waals surface area contributed by atoms with Crippen molar-refractivity contribution in [1.82, 2.24) is 0 Å². The van der Waals surface area contributed by atoms with E-state index in [1.165, 1.54) is 48.5 Å². The molecule has 0 N–H and O–H groups in total. The van der Waals surface area contributed by atoms with Crippen LogP contribution in [0, 0.1) is 0 Å². The van der Waals surface area contributed by atoms with E-state index in [0.717, 1.165) is 11.1 Å². The summed E-state index contributed by atoms with van der Waals surface area (Å²) in [5.74, 6) is 0. The lowest BCUT2D eigenvalue weighted by molar-refractivity contribution is 0.550. The summed E-state index contributed by atoms with van der Waals surface area (Å²) in [6, 6.07) is 29.4. The summed E-state index contributed by atoms with van der Waals surface area (Å²) in [5.41, 5.74) is 1.79. The molecule has 0 radical (unpaired) electrons. The van der Waals surface area contributed by atoms with Crippen molar-refractivity contribution < 1.29 is 24.6 Å². The second kappa shape index (κ2) is 8.53. The van der Waals surface area contributed by atoms with Crippen LogP contribution in [0.2, 0.25) is 0 Å².